The zero-order valence-corrected chi connectivity index (χ0v) is 18.0. The number of aryl methyl sites for hydroxylation is 4. The van der Waals surface area contributed by atoms with Gasteiger partial charge in [0.25, 0.3) is 0 Å². The molecule has 1 fully saturated rings. The predicted octanol–water partition coefficient (Wildman–Crippen LogP) is 6.37. The molecular formula is C24H24Zr. The van der Waals surface area contributed by atoms with E-state index in [1.807, 2.05) is 0 Å². The molecule has 5 rings (SSSR count). The van der Waals surface area contributed by atoms with Crippen LogP contribution in [0.3, 0.4) is 0 Å². The Morgan fingerprint density at radius 3 is 1.48 bits per heavy atom. The SMILES string of the molecule is Cc1ccc(C)c2c1C=C1CCC3=Cc4c(C)ccc(C)c4[CH]3[Zr][CH]12. The van der Waals surface area contributed by atoms with E-state index in [9.17, 15) is 0 Å². The monoisotopic (exact) mass is 402 g/mol. The van der Waals surface area contributed by atoms with Crippen molar-refractivity contribution in [2.75, 3.05) is 0 Å². The molecule has 25 heavy (non-hydrogen) atoms. The van der Waals surface area contributed by atoms with Gasteiger partial charge in [0.2, 0.25) is 0 Å². The van der Waals surface area contributed by atoms with Gasteiger partial charge in [-0.1, -0.05) is 0 Å². The van der Waals surface area contributed by atoms with Crippen molar-refractivity contribution in [3.8, 4) is 0 Å². The van der Waals surface area contributed by atoms with Gasteiger partial charge in [-0.15, -0.1) is 0 Å². The first kappa shape index (κ1) is 16.0. The van der Waals surface area contributed by atoms with Gasteiger partial charge < -0.3 is 0 Å². The average molecular weight is 404 g/mol. The van der Waals surface area contributed by atoms with Crippen molar-refractivity contribution < 1.29 is 23.2 Å². The molecule has 0 radical (unpaired) electrons. The fraction of sp³-hybridized carbons (Fsp3) is 0.333. The van der Waals surface area contributed by atoms with Gasteiger partial charge in [-0.25, -0.2) is 0 Å². The molecule has 0 saturated carbocycles. The summed E-state index contributed by atoms with van der Waals surface area (Å²) in [6.45, 7) is 9.23. The fourth-order valence-corrected chi connectivity index (χ4v) is 10.7. The van der Waals surface area contributed by atoms with Gasteiger partial charge in [0, 0.05) is 0 Å². The number of hydrogen-bond donors (Lipinski definition) is 0. The summed E-state index contributed by atoms with van der Waals surface area (Å²) in [5.41, 5.74) is 16.0. The second-order valence-corrected chi connectivity index (χ2v) is 11.7. The molecular weight excluding hydrogens is 379 g/mol. The summed E-state index contributed by atoms with van der Waals surface area (Å²) in [6.07, 6.45) is 7.67. The summed E-state index contributed by atoms with van der Waals surface area (Å²) in [4.78, 5) is 0. The first-order valence-electron chi connectivity index (χ1n) is 9.42. The van der Waals surface area contributed by atoms with Crippen LogP contribution in [0.5, 0.6) is 0 Å². The average Bonchev–Trinajstić information content (AvgIpc) is 3.10. The Morgan fingerprint density at radius 1 is 0.640 bits per heavy atom. The Hall–Kier alpha value is -1.20. The van der Waals surface area contributed by atoms with E-state index in [-0.39, 0.29) is 0 Å². The second kappa shape index (κ2) is 5.65. The second-order valence-electron chi connectivity index (χ2n) is 8.02. The first-order valence-corrected chi connectivity index (χ1v) is 12.3. The first-order chi connectivity index (χ1) is 12.0. The number of benzene rings is 2. The molecule has 0 aromatic heterocycles. The summed E-state index contributed by atoms with van der Waals surface area (Å²) in [7, 11) is 0. The van der Waals surface area contributed by atoms with E-state index in [1.54, 1.807) is 33.4 Å². The number of rotatable bonds is 0. The molecule has 1 heterocycles. The maximum absolute atomic E-state index is 2.56. The van der Waals surface area contributed by atoms with Crippen LogP contribution in [-0.4, -0.2) is 0 Å². The molecule has 2 aliphatic carbocycles. The van der Waals surface area contributed by atoms with Crippen molar-refractivity contribution in [3.05, 3.63) is 79.9 Å². The third-order valence-corrected chi connectivity index (χ3v) is 11.3. The number of fused-ring (bicyclic) bond motifs is 6. The van der Waals surface area contributed by atoms with Gasteiger partial charge in [0.05, 0.1) is 0 Å². The fourth-order valence-electron chi connectivity index (χ4n) is 5.04. The zero-order chi connectivity index (χ0) is 17.3. The molecule has 0 N–H and O–H groups in total. The van der Waals surface area contributed by atoms with Crippen molar-refractivity contribution in [3.63, 3.8) is 0 Å². The van der Waals surface area contributed by atoms with Crippen molar-refractivity contribution in [1.82, 2.24) is 0 Å². The zero-order valence-electron chi connectivity index (χ0n) is 15.5. The van der Waals surface area contributed by atoms with E-state index < -0.39 is 23.2 Å². The molecule has 0 amide bonds. The van der Waals surface area contributed by atoms with Crippen LogP contribution in [0.2, 0.25) is 0 Å². The third kappa shape index (κ3) is 2.28. The summed E-state index contributed by atoms with van der Waals surface area (Å²) in [5.74, 6) is 0. The summed E-state index contributed by atoms with van der Waals surface area (Å²) < 4.78 is 1.58. The molecule has 2 aromatic carbocycles. The molecule has 1 aliphatic heterocycles. The van der Waals surface area contributed by atoms with Crippen LogP contribution in [0, 0.1) is 27.7 Å². The Labute approximate surface area is 162 Å². The number of hydrogen-bond acceptors (Lipinski definition) is 0. The summed E-state index contributed by atoms with van der Waals surface area (Å²) in [5, 5.41) is 0. The van der Waals surface area contributed by atoms with Gasteiger partial charge >= 0.3 is 163 Å². The van der Waals surface area contributed by atoms with Crippen LogP contribution >= 0.6 is 0 Å². The minimum atomic E-state index is -0.645. The predicted molar refractivity (Wildman–Crippen MR) is 103 cm³/mol. The van der Waals surface area contributed by atoms with Crippen LogP contribution in [0.1, 0.15) is 64.6 Å². The molecule has 1 saturated heterocycles. The van der Waals surface area contributed by atoms with E-state index in [0.29, 0.717) is 0 Å². The van der Waals surface area contributed by atoms with Crippen molar-refractivity contribution >= 4 is 12.2 Å². The minimum absolute atomic E-state index is 0.645. The molecule has 0 nitrogen and oxygen atoms in total. The molecule has 2 unspecified atom stereocenters. The Morgan fingerprint density at radius 2 is 1.04 bits per heavy atom. The summed E-state index contributed by atoms with van der Waals surface area (Å²) in [6, 6.07) is 9.32. The van der Waals surface area contributed by atoms with E-state index in [1.165, 1.54) is 35.1 Å². The van der Waals surface area contributed by atoms with Crippen LogP contribution in [0.4, 0.5) is 0 Å². The van der Waals surface area contributed by atoms with Gasteiger partial charge in [0.15, 0.2) is 0 Å². The summed E-state index contributed by atoms with van der Waals surface area (Å²) >= 11 is -0.645. The molecule has 124 valence electrons. The molecule has 1 heteroatoms. The van der Waals surface area contributed by atoms with E-state index in [4.69, 9.17) is 0 Å². The topological polar surface area (TPSA) is 0 Å². The van der Waals surface area contributed by atoms with Gasteiger partial charge in [-0.2, -0.15) is 0 Å². The molecule has 2 atom stereocenters. The molecule has 0 bridgehead atoms. The van der Waals surface area contributed by atoms with Crippen LogP contribution in [0.15, 0.2) is 35.4 Å². The van der Waals surface area contributed by atoms with E-state index >= 15 is 0 Å². The third-order valence-electron chi connectivity index (χ3n) is 6.46. The Balaban J connectivity index is 1.65. The standard InChI is InChI=1S/C24H24.Zr/c1-15-5-6-16(2)22-12-19(11-21(15)22)9-10-20-13-23-17(3)7-8-18(4)24(23)14-20;/h5-8,11-14H,9-10H2,1-4H3;. The normalized spacial score (nSPS) is 22.9. The maximum atomic E-state index is 2.56. The van der Waals surface area contributed by atoms with Gasteiger partial charge in [0.1, 0.15) is 0 Å². The van der Waals surface area contributed by atoms with Crippen molar-refractivity contribution in [1.29, 1.82) is 0 Å². The quantitative estimate of drug-likeness (QED) is 0.479. The number of allylic oxidation sites excluding steroid dienone is 2. The van der Waals surface area contributed by atoms with Gasteiger partial charge in [-0.05, 0) is 0 Å². The molecule has 2 aromatic rings. The Kier molecular flexibility index (Phi) is 3.62. The van der Waals surface area contributed by atoms with Crippen molar-refractivity contribution in [2.45, 2.75) is 47.8 Å². The van der Waals surface area contributed by atoms with Crippen LogP contribution < -0.4 is 0 Å². The van der Waals surface area contributed by atoms with Crippen molar-refractivity contribution in [2.24, 2.45) is 0 Å². The van der Waals surface area contributed by atoms with Gasteiger partial charge in [-0.3, -0.25) is 0 Å². The Bertz CT molecular complexity index is 895. The molecule has 3 aliphatic rings. The molecule has 0 spiro atoms. The van der Waals surface area contributed by atoms with Crippen LogP contribution in [-0.2, 0) is 23.2 Å². The van der Waals surface area contributed by atoms with Crippen LogP contribution in [0.25, 0.3) is 12.2 Å². The van der Waals surface area contributed by atoms with E-state index in [2.05, 4.69) is 64.1 Å². The van der Waals surface area contributed by atoms with E-state index in [0.717, 1.165) is 7.25 Å².